The molecule has 1 aliphatic rings. The van der Waals surface area contributed by atoms with Crippen molar-refractivity contribution in [1.82, 2.24) is 20.2 Å². The van der Waals surface area contributed by atoms with Crippen LogP contribution in [0.1, 0.15) is 62.3 Å². The monoisotopic (exact) mass is 568 g/mol. The van der Waals surface area contributed by atoms with Crippen LogP contribution in [-0.2, 0) is 4.79 Å². The smallest absolute Gasteiger partial charge is 0.255 e. The summed E-state index contributed by atoms with van der Waals surface area (Å²) in [6, 6.07) is 9.08. The van der Waals surface area contributed by atoms with Gasteiger partial charge in [-0.2, -0.15) is 4.68 Å². The number of ether oxygens (including phenoxy) is 2. The summed E-state index contributed by atoms with van der Waals surface area (Å²) in [5.41, 5.74) is 4.83. The van der Waals surface area contributed by atoms with Gasteiger partial charge in [0.25, 0.3) is 5.91 Å². The molecule has 9 nitrogen and oxygen atoms in total. The van der Waals surface area contributed by atoms with Crippen molar-refractivity contribution in [2.24, 2.45) is 0 Å². The Labute approximate surface area is 225 Å². The summed E-state index contributed by atoms with van der Waals surface area (Å²) in [5.74, 6) is 1.42. The van der Waals surface area contributed by atoms with Crippen LogP contribution >= 0.6 is 15.9 Å². The molecule has 10 heteroatoms. The second-order valence-electron chi connectivity index (χ2n) is 9.16. The molecule has 1 atom stereocenters. The molecule has 0 saturated carbocycles. The molecule has 196 valence electrons. The summed E-state index contributed by atoms with van der Waals surface area (Å²) in [5, 5.41) is 18.4. The Hall–Kier alpha value is -3.40. The first-order valence-electron chi connectivity index (χ1n) is 12.5. The lowest BCUT2D eigenvalue weighted by atomic mass is 9.94. The van der Waals surface area contributed by atoms with E-state index in [9.17, 15) is 4.79 Å². The first kappa shape index (κ1) is 26.7. The number of tetrazole rings is 1. The highest BCUT2D eigenvalue weighted by Crippen LogP contribution is 2.42. The molecule has 1 aliphatic heterocycles. The zero-order chi connectivity index (χ0) is 26.5. The van der Waals surface area contributed by atoms with E-state index in [1.54, 1.807) is 11.8 Å². The van der Waals surface area contributed by atoms with Crippen molar-refractivity contribution in [3.05, 3.63) is 62.8 Å². The third-order valence-corrected chi connectivity index (χ3v) is 7.21. The molecule has 0 spiro atoms. The van der Waals surface area contributed by atoms with Crippen LogP contribution in [0.15, 0.2) is 46.1 Å². The van der Waals surface area contributed by atoms with Crippen molar-refractivity contribution < 1.29 is 14.3 Å². The van der Waals surface area contributed by atoms with E-state index in [4.69, 9.17) is 9.47 Å². The standard InChI is InChI=1S/C27H33BrN6O3/c1-6-7-8-9-13-37-25-20(28)14-19(15-22(25)36-5)24-23(18(4)29-27-31-32-33-34(24)27)26(35)30-21-12-10-11-16(2)17(21)3/h10-12,14-15,24H,6-9,13H2,1-5H3,(H,30,35)(H,29,31,33). The van der Waals surface area contributed by atoms with Crippen LogP contribution in [0, 0.1) is 13.8 Å². The molecule has 0 aliphatic carbocycles. The Kier molecular flexibility index (Phi) is 8.48. The molecule has 2 heterocycles. The number of nitrogens with zero attached hydrogens (tertiary/aromatic N) is 4. The van der Waals surface area contributed by atoms with Crippen LogP contribution in [0.4, 0.5) is 11.6 Å². The molecule has 2 N–H and O–H groups in total. The lowest BCUT2D eigenvalue weighted by molar-refractivity contribution is -0.113. The topological polar surface area (TPSA) is 103 Å². The van der Waals surface area contributed by atoms with Gasteiger partial charge in [0.2, 0.25) is 5.95 Å². The average Bonchev–Trinajstić information content (AvgIpc) is 3.34. The fourth-order valence-electron chi connectivity index (χ4n) is 4.43. The van der Waals surface area contributed by atoms with E-state index in [2.05, 4.69) is 49.0 Å². The van der Waals surface area contributed by atoms with Gasteiger partial charge in [0.05, 0.1) is 23.8 Å². The Bertz CT molecular complexity index is 1320. The summed E-state index contributed by atoms with van der Waals surface area (Å²) in [7, 11) is 1.61. The fourth-order valence-corrected chi connectivity index (χ4v) is 5.01. The van der Waals surface area contributed by atoms with E-state index < -0.39 is 6.04 Å². The van der Waals surface area contributed by atoms with Gasteiger partial charge in [0.1, 0.15) is 6.04 Å². The molecule has 1 unspecified atom stereocenters. The van der Waals surface area contributed by atoms with Crippen LogP contribution < -0.4 is 20.1 Å². The molecule has 3 aromatic rings. The first-order chi connectivity index (χ1) is 17.8. The summed E-state index contributed by atoms with van der Waals surface area (Å²) in [6.45, 7) is 8.64. The third kappa shape index (κ3) is 5.64. The van der Waals surface area contributed by atoms with E-state index >= 15 is 0 Å². The number of benzene rings is 2. The Morgan fingerprint density at radius 3 is 2.76 bits per heavy atom. The molecule has 4 rings (SSSR count). The number of rotatable bonds is 10. The molecule has 0 bridgehead atoms. The summed E-state index contributed by atoms with van der Waals surface area (Å²) in [6.07, 6.45) is 4.44. The van der Waals surface area contributed by atoms with E-state index in [0.717, 1.165) is 39.7 Å². The molecular formula is C27H33BrN6O3. The fraction of sp³-hybridized carbons (Fsp3) is 0.407. The predicted molar refractivity (Wildman–Crippen MR) is 147 cm³/mol. The van der Waals surface area contributed by atoms with Gasteiger partial charge in [-0.25, -0.2) is 0 Å². The highest BCUT2D eigenvalue weighted by molar-refractivity contribution is 9.10. The van der Waals surface area contributed by atoms with Crippen LogP contribution in [0.3, 0.4) is 0 Å². The molecule has 0 saturated heterocycles. The van der Waals surface area contributed by atoms with Gasteiger partial charge in [-0.05, 0) is 88.4 Å². The van der Waals surface area contributed by atoms with E-state index in [1.807, 2.05) is 51.1 Å². The Morgan fingerprint density at radius 1 is 1.19 bits per heavy atom. The first-order valence-corrected chi connectivity index (χ1v) is 13.3. The molecule has 1 aromatic heterocycles. The predicted octanol–water partition coefficient (Wildman–Crippen LogP) is 5.95. The molecule has 37 heavy (non-hydrogen) atoms. The van der Waals surface area contributed by atoms with Gasteiger partial charge in [-0.15, -0.1) is 0 Å². The number of unbranched alkanes of at least 4 members (excludes halogenated alkanes) is 3. The van der Waals surface area contributed by atoms with E-state index in [-0.39, 0.29) is 5.91 Å². The number of aryl methyl sites for hydroxylation is 1. The molecule has 2 aromatic carbocycles. The number of hydrogen-bond acceptors (Lipinski definition) is 7. The molecule has 1 amide bonds. The average molecular weight is 570 g/mol. The van der Waals surface area contributed by atoms with Crippen molar-refractivity contribution in [2.45, 2.75) is 59.4 Å². The van der Waals surface area contributed by atoms with Crippen molar-refractivity contribution >= 4 is 33.5 Å². The van der Waals surface area contributed by atoms with Crippen molar-refractivity contribution in [3.63, 3.8) is 0 Å². The van der Waals surface area contributed by atoms with Gasteiger partial charge in [-0.3, -0.25) is 4.79 Å². The SMILES string of the molecule is CCCCCCOc1c(Br)cc(C2C(C(=O)Nc3cccc(C)c3C)=C(C)Nc3nnnn32)cc1OC. The number of methoxy groups -OCH3 is 1. The maximum absolute atomic E-state index is 13.7. The number of nitrogens with one attached hydrogen (secondary N) is 2. The quantitative estimate of drug-likeness (QED) is 0.291. The van der Waals surface area contributed by atoms with Crippen molar-refractivity contribution in [3.8, 4) is 11.5 Å². The second-order valence-corrected chi connectivity index (χ2v) is 10.0. The maximum Gasteiger partial charge on any atom is 0.255 e. The zero-order valence-electron chi connectivity index (χ0n) is 21.9. The summed E-state index contributed by atoms with van der Waals surface area (Å²) in [4.78, 5) is 13.7. The van der Waals surface area contributed by atoms with Gasteiger partial charge in [-0.1, -0.05) is 43.4 Å². The van der Waals surface area contributed by atoms with E-state index in [0.29, 0.717) is 35.3 Å². The normalized spacial score (nSPS) is 14.7. The number of halogens is 1. The second kappa shape index (κ2) is 11.8. The number of fused-ring (bicyclic) bond motifs is 1. The largest absolute Gasteiger partial charge is 0.493 e. The van der Waals surface area contributed by atoms with Gasteiger partial charge in [0.15, 0.2) is 11.5 Å². The van der Waals surface area contributed by atoms with Gasteiger partial charge < -0.3 is 20.1 Å². The van der Waals surface area contributed by atoms with Crippen LogP contribution in [-0.4, -0.2) is 39.8 Å². The lowest BCUT2D eigenvalue weighted by Crippen LogP contribution is -2.31. The Balaban J connectivity index is 1.70. The Morgan fingerprint density at radius 2 is 2.00 bits per heavy atom. The third-order valence-electron chi connectivity index (χ3n) is 6.62. The molecule has 0 fully saturated rings. The van der Waals surface area contributed by atoms with Gasteiger partial charge >= 0.3 is 0 Å². The van der Waals surface area contributed by atoms with Crippen LogP contribution in [0.5, 0.6) is 11.5 Å². The number of hydrogen-bond donors (Lipinski definition) is 2. The summed E-state index contributed by atoms with van der Waals surface area (Å²) >= 11 is 3.66. The van der Waals surface area contributed by atoms with Crippen LogP contribution in [0.25, 0.3) is 0 Å². The highest BCUT2D eigenvalue weighted by Gasteiger charge is 2.35. The number of anilines is 2. The number of carbonyl (C=O) groups excluding carboxylic acids is 1. The number of carbonyl (C=O) groups is 1. The minimum Gasteiger partial charge on any atom is -0.493 e. The van der Waals surface area contributed by atoms with E-state index in [1.165, 1.54) is 12.8 Å². The number of aromatic nitrogens is 4. The molecular weight excluding hydrogens is 536 g/mol. The minimum absolute atomic E-state index is 0.240. The highest BCUT2D eigenvalue weighted by atomic mass is 79.9. The van der Waals surface area contributed by atoms with Crippen LogP contribution in [0.2, 0.25) is 0 Å². The van der Waals surface area contributed by atoms with Crippen molar-refractivity contribution in [2.75, 3.05) is 24.4 Å². The number of allylic oxidation sites excluding steroid dienone is 1. The molecule has 0 radical (unpaired) electrons. The summed E-state index contributed by atoms with van der Waals surface area (Å²) < 4.78 is 14.1. The number of amides is 1. The maximum atomic E-state index is 13.7. The lowest BCUT2D eigenvalue weighted by Gasteiger charge is -2.29. The van der Waals surface area contributed by atoms with Gasteiger partial charge in [0, 0.05) is 11.4 Å². The van der Waals surface area contributed by atoms with Crippen molar-refractivity contribution in [1.29, 1.82) is 0 Å². The minimum atomic E-state index is -0.583. The zero-order valence-corrected chi connectivity index (χ0v) is 23.5.